The number of carbonyl (C=O) groups is 1. The highest BCUT2D eigenvalue weighted by Crippen LogP contribution is 2.09. The van der Waals surface area contributed by atoms with Crippen LogP contribution in [0.3, 0.4) is 0 Å². The highest BCUT2D eigenvalue weighted by molar-refractivity contribution is 5.81. The average Bonchev–Trinajstić information content (AvgIpc) is 2.49. The van der Waals surface area contributed by atoms with Gasteiger partial charge in [-0.2, -0.15) is 0 Å². The first-order valence-electron chi connectivity index (χ1n) is 7.08. The molecule has 5 heteroatoms. The molecule has 1 saturated heterocycles. The molecule has 1 fully saturated rings. The number of rotatable bonds is 6. The lowest BCUT2D eigenvalue weighted by atomic mass is 10.3. The van der Waals surface area contributed by atoms with Gasteiger partial charge in [-0.3, -0.25) is 9.69 Å². The van der Waals surface area contributed by atoms with Crippen LogP contribution < -0.4 is 10.2 Å². The van der Waals surface area contributed by atoms with Gasteiger partial charge in [-0.1, -0.05) is 18.2 Å². The zero-order valence-corrected chi connectivity index (χ0v) is 12.0. The Morgan fingerprint density at radius 2 is 2.00 bits per heavy atom. The van der Waals surface area contributed by atoms with E-state index in [9.17, 15) is 4.79 Å². The SMILES string of the molecule is CN(CC(=O)NCCN1CCOCC1)c1ccccc1. The zero-order valence-electron chi connectivity index (χ0n) is 12.0. The smallest absolute Gasteiger partial charge is 0.239 e. The van der Waals surface area contributed by atoms with Gasteiger partial charge >= 0.3 is 0 Å². The van der Waals surface area contributed by atoms with E-state index in [2.05, 4.69) is 10.2 Å². The molecule has 0 unspecified atom stereocenters. The summed E-state index contributed by atoms with van der Waals surface area (Å²) in [6.07, 6.45) is 0. The summed E-state index contributed by atoms with van der Waals surface area (Å²) in [6, 6.07) is 9.92. The lowest BCUT2D eigenvalue weighted by molar-refractivity contribution is -0.119. The quantitative estimate of drug-likeness (QED) is 0.826. The second-order valence-electron chi connectivity index (χ2n) is 5.00. The third-order valence-electron chi connectivity index (χ3n) is 3.43. The van der Waals surface area contributed by atoms with Gasteiger partial charge in [0, 0.05) is 38.9 Å². The number of hydrogen-bond donors (Lipinski definition) is 1. The van der Waals surface area contributed by atoms with Crippen molar-refractivity contribution in [2.24, 2.45) is 0 Å². The minimum absolute atomic E-state index is 0.0598. The van der Waals surface area contributed by atoms with Crippen molar-refractivity contribution < 1.29 is 9.53 Å². The lowest BCUT2D eigenvalue weighted by Crippen LogP contribution is -2.43. The number of benzene rings is 1. The van der Waals surface area contributed by atoms with Crippen LogP contribution in [0.1, 0.15) is 0 Å². The lowest BCUT2D eigenvalue weighted by Gasteiger charge is -2.26. The summed E-state index contributed by atoms with van der Waals surface area (Å²) in [4.78, 5) is 16.1. The highest BCUT2D eigenvalue weighted by Gasteiger charge is 2.11. The van der Waals surface area contributed by atoms with Crippen molar-refractivity contribution in [3.05, 3.63) is 30.3 Å². The van der Waals surface area contributed by atoms with Crippen LogP contribution in [-0.4, -0.2) is 63.8 Å². The van der Waals surface area contributed by atoms with Gasteiger partial charge in [0.1, 0.15) is 0 Å². The second-order valence-corrected chi connectivity index (χ2v) is 5.00. The van der Waals surface area contributed by atoms with Crippen LogP contribution in [0.25, 0.3) is 0 Å². The molecule has 1 aliphatic heterocycles. The van der Waals surface area contributed by atoms with E-state index in [1.165, 1.54) is 0 Å². The number of likely N-dealkylation sites (N-methyl/N-ethyl adjacent to an activating group) is 1. The standard InChI is InChI=1S/C15H23N3O2/c1-17(14-5-3-2-4-6-14)13-15(19)16-7-8-18-9-11-20-12-10-18/h2-6H,7-13H2,1H3,(H,16,19). The first-order valence-corrected chi connectivity index (χ1v) is 7.08. The van der Waals surface area contributed by atoms with E-state index in [-0.39, 0.29) is 5.91 Å². The van der Waals surface area contributed by atoms with Crippen molar-refractivity contribution in [2.45, 2.75) is 0 Å². The molecule has 0 atom stereocenters. The first-order chi connectivity index (χ1) is 9.75. The molecule has 1 aromatic carbocycles. The Kier molecular flexibility index (Phi) is 5.83. The van der Waals surface area contributed by atoms with E-state index in [4.69, 9.17) is 4.74 Å². The van der Waals surface area contributed by atoms with E-state index in [1.807, 2.05) is 42.3 Å². The Balaban J connectivity index is 1.65. The second kappa shape index (κ2) is 7.87. The topological polar surface area (TPSA) is 44.8 Å². The van der Waals surface area contributed by atoms with Crippen LogP contribution in [0.4, 0.5) is 5.69 Å². The summed E-state index contributed by atoms with van der Waals surface area (Å²) in [7, 11) is 1.93. The molecule has 1 amide bonds. The monoisotopic (exact) mass is 277 g/mol. The van der Waals surface area contributed by atoms with Crippen molar-refractivity contribution in [3.8, 4) is 0 Å². The van der Waals surface area contributed by atoms with Crippen molar-refractivity contribution in [1.82, 2.24) is 10.2 Å². The van der Waals surface area contributed by atoms with Crippen LogP contribution in [0.5, 0.6) is 0 Å². The van der Waals surface area contributed by atoms with E-state index in [0.29, 0.717) is 13.1 Å². The number of ether oxygens (including phenoxy) is 1. The van der Waals surface area contributed by atoms with Gasteiger partial charge in [-0.05, 0) is 12.1 Å². The van der Waals surface area contributed by atoms with Gasteiger partial charge in [-0.25, -0.2) is 0 Å². The fourth-order valence-electron chi connectivity index (χ4n) is 2.22. The minimum atomic E-state index is 0.0598. The van der Waals surface area contributed by atoms with Gasteiger partial charge in [0.25, 0.3) is 0 Å². The minimum Gasteiger partial charge on any atom is -0.379 e. The Morgan fingerprint density at radius 3 is 2.70 bits per heavy atom. The van der Waals surface area contributed by atoms with E-state index in [0.717, 1.165) is 38.5 Å². The van der Waals surface area contributed by atoms with Gasteiger partial charge in [0.2, 0.25) is 5.91 Å². The molecule has 1 aliphatic rings. The van der Waals surface area contributed by atoms with Gasteiger partial charge in [0.05, 0.1) is 19.8 Å². The number of anilines is 1. The van der Waals surface area contributed by atoms with Crippen LogP contribution in [0, 0.1) is 0 Å². The molecule has 1 N–H and O–H groups in total. The van der Waals surface area contributed by atoms with Crippen LogP contribution in [0.2, 0.25) is 0 Å². The number of amides is 1. The number of nitrogens with zero attached hydrogens (tertiary/aromatic N) is 2. The van der Waals surface area contributed by atoms with Crippen LogP contribution >= 0.6 is 0 Å². The fraction of sp³-hybridized carbons (Fsp3) is 0.533. The van der Waals surface area contributed by atoms with Gasteiger partial charge < -0.3 is 15.0 Å². The fourth-order valence-corrected chi connectivity index (χ4v) is 2.22. The number of nitrogens with one attached hydrogen (secondary N) is 1. The molecule has 0 radical (unpaired) electrons. The molecule has 1 heterocycles. The summed E-state index contributed by atoms with van der Waals surface area (Å²) in [5.74, 6) is 0.0598. The van der Waals surface area contributed by atoms with Gasteiger partial charge in [0.15, 0.2) is 0 Å². The van der Waals surface area contributed by atoms with Crippen molar-refractivity contribution in [3.63, 3.8) is 0 Å². The molecule has 20 heavy (non-hydrogen) atoms. The van der Waals surface area contributed by atoms with Crippen LogP contribution in [0.15, 0.2) is 30.3 Å². The number of hydrogen-bond acceptors (Lipinski definition) is 4. The molecule has 1 aromatic rings. The molecule has 110 valence electrons. The molecule has 0 saturated carbocycles. The maximum Gasteiger partial charge on any atom is 0.239 e. The largest absolute Gasteiger partial charge is 0.379 e. The van der Waals surface area contributed by atoms with Crippen LogP contribution in [-0.2, 0) is 9.53 Å². The summed E-state index contributed by atoms with van der Waals surface area (Å²) in [6.45, 7) is 5.48. The maximum atomic E-state index is 11.9. The predicted octanol–water partition coefficient (Wildman–Crippen LogP) is 0.571. The van der Waals surface area contributed by atoms with E-state index >= 15 is 0 Å². The summed E-state index contributed by atoms with van der Waals surface area (Å²) < 4.78 is 5.29. The molecule has 0 aromatic heterocycles. The first kappa shape index (κ1) is 14.8. The third-order valence-corrected chi connectivity index (χ3v) is 3.43. The molecule has 0 aliphatic carbocycles. The molecule has 0 spiro atoms. The highest BCUT2D eigenvalue weighted by atomic mass is 16.5. The number of morpholine rings is 1. The molecule has 5 nitrogen and oxygen atoms in total. The number of carbonyl (C=O) groups excluding carboxylic acids is 1. The Hall–Kier alpha value is -1.59. The van der Waals surface area contributed by atoms with Gasteiger partial charge in [-0.15, -0.1) is 0 Å². The molecular formula is C15H23N3O2. The number of para-hydroxylation sites is 1. The van der Waals surface area contributed by atoms with E-state index in [1.54, 1.807) is 0 Å². The zero-order chi connectivity index (χ0) is 14.2. The molecule has 0 bridgehead atoms. The maximum absolute atomic E-state index is 11.9. The van der Waals surface area contributed by atoms with Crippen molar-refractivity contribution in [1.29, 1.82) is 0 Å². The normalized spacial score (nSPS) is 15.8. The Bertz CT molecular complexity index is 405. The molecule has 2 rings (SSSR count). The summed E-state index contributed by atoms with van der Waals surface area (Å²) in [5, 5.41) is 2.97. The average molecular weight is 277 g/mol. The summed E-state index contributed by atoms with van der Waals surface area (Å²) >= 11 is 0. The Morgan fingerprint density at radius 1 is 1.30 bits per heavy atom. The summed E-state index contributed by atoms with van der Waals surface area (Å²) in [5.41, 5.74) is 1.05. The van der Waals surface area contributed by atoms with Crippen molar-refractivity contribution >= 4 is 11.6 Å². The van der Waals surface area contributed by atoms with E-state index < -0.39 is 0 Å². The molecular weight excluding hydrogens is 254 g/mol. The van der Waals surface area contributed by atoms with Crippen molar-refractivity contribution in [2.75, 3.05) is 57.9 Å². The predicted molar refractivity (Wildman–Crippen MR) is 80.0 cm³/mol. The third kappa shape index (κ3) is 4.83. The Labute approximate surface area is 120 Å².